The molecule has 0 aliphatic heterocycles. The number of hydrogen-bond donors (Lipinski definition) is 2. The van der Waals surface area contributed by atoms with Crippen molar-refractivity contribution < 1.29 is 24.0 Å². The van der Waals surface area contributed by atoms with E-state index >= 15 is 0 Å². The molecule has 1 aromatic carbocycles. The zero-order valence-corrected chi connectivity index (χ0v) is 21.6. The van der Waals surface area contributed by atoms with Crippen molar-refractivity contribution in [2.45, 2.75) is 49.1 Å². The van der Waals surface area contributed by atoms with E-state index in [0.717, 1.165) is 16.9 Å². The highest BCUT2D eigenvalue weighted by Crippen LogP contribution is 2.31. The van der Waals surface area contributed by atoms with Gasteiger partial charge in [-0.05, 0) is 37.2 Å². The summed E-state index contributed by atoms with van der Waals surface area (Å²) in [5.41, 5.74) is 1.41. The number of aliphatic hydroxyl groups excluding tert-OH is 1. The lowest BCUT2D eigenvalue weighted by Gasteiger charge is -2.15. The Kier molecular flexibility index (Phi) is 7.47. The SMILES string of the molecule is Cc1c(S(=O)(=NCCO)c2ccc3c(cnn3COCC[Si](C)(C)C)c2)cc(C(=O)O)n1C. The van der Waals surface area contributed by atoms with Crippen LogP contribution in [-0.2, 0) is 28.2 Å². The van der Waals surface area contributed by atoms with Crippen LogP contribution in [-0.4, -0.2) is 62.6 Å². The topological polar surface area (TPSA) is 119 Å². The summed E-state index contributed by atoms with van der Waals surface area (Å²) in [5.74, 6) is -1.11. The minimum absolute atomic E-state index is 0.0267. The molecule has 1 unspecified atom stereocenters. The zero-order chi connectivity index (χ0) is 24.4. The Morgan fingerprint density at radius 2 is 2.00 bits per heavy atom. The van der Waals surface area contributed by atoms with E-state index in [1.165, 1.54) is 10.6 Å². The Morgan fingerprint density at radius 1 is 1.27 bits per heavy atom. The molecule has 0 fully saturated rings. The molecule has 0 saturated heterocycles. The predicted octanol–water partition coefficient (Wildman–Crippen LogP) is 3.57. The van der Waals surface area contributed by atoms with Crippen LogP contribution in [0.15, 0.2) is 44.6 Å². The minimum atomic E-state index is -3.18. The van der Waals surface area contributed by atoms with Gasteiger partial charge in [-0.25, -0.2) is 18.0 Å². The average molecular weight is 493 g/mol. The zero-order valence-electron chi connectivity index (χ0n) is 19.7. The quantitative estimate of drug-likeness (QED) is 0.330. The molecule has 3 rings (SSSR count). The fraction of sp³-hybridized carbons (Fsp3) is 0.455. The molecule has 0 aliphatic carbocycles. The lowest BCUT2D eigenvalue weighted by molar-refractivity contribution is 0.0686. The Hall–Kier alpha value is -2.47. The molecule has 2 aromatic heterocycles. The molecule has 180 valence electrons. The third kappa shape index (κ3) is 5.37. The summed E-state index contributed by atoms with van der Waals surface area (Å²) in [6, 6.07) is 7.78. The van der Waals surface area contributed by atoms with Gasteiger partial charge in [0, 0.05) is 32.8 Å². The van der Waals surface area contributed by atoms with Gasteiger partial charge in [0.05, 0.1) is 34.7 Å². The summed E-state index contributed by atoms with van der Waals surface area (Å²) in [6.07, 6.45) is 1.69. The maximum absolute atomic E-state index is 14.2. The summed E-state index contributed by atoms with van der Waals surface area (Å²) in [5, 5.41) is 24.0. The van der Waals surface area contributed by atoms with Crippen molar-refractivity contribution in [2.24, 2.45) is 11.4 Å². The maximum atomic E-state index is 14.2. The van der Waals surface area contributed by atoms with Crippen LogP contribution in [0.2, 0.25) is 25.7 Å². The standard InChI is InChI=1S/C22H32N4O5SSi/c1-16-21(13-20(22(28)29)25(16)2)32(30,24-8-9-27)18-6-7-19-17(12-18)14-23-26(19)15-31-10-11-33(3,4)5/h6-7,12-14,27H,8-11,15H2,1-5H3,(H,28,29). The number of rotatable bonds is 10. The van der Waals surface area contributed by atoms with Gasteiger partial charge in [0.1, 0.15) is 22.2 Å². The van der Waals surface area contributed by atoms with Crippen molar-refractivity contribution >= 4 is 34.7 Å². The second-order valence-electron chi connectivity index (χ2n) is 9.16. The van der Waals surface area contributed by atoms with E-state index in [9.17, 15) is 19.2 Å². The Bertz CT molecular complexity index is 1280. The maximum Gasteiger partial charge on any atom is 0.352 e. The summed E-state index contributed by atoms with van der Waals surface area (Å²) < 4.78 is 27.5. The fourth-order valence-corrected chi connectivity index (χ4v) is 6.45. The molecule has 9 nitrogen and oxygen atoms in total. The number of carbonyl (C=O) groups is 1. The summed E-state index contributed by atoms with van der Waals surface area (Å²) in [7, 11) is -2.73. The molecule has 0 spiro atoms. The van der Waals surface area contributed by atoms with E-state index in [4.69, 9.17) is 4.74 Å². The van der Waals surface area contributed by atoms with Crippen LogP contribution < -0.4 is 0 Å². The normalized spacial score (nSPS) is 13.9. The van der Waals surface area contributed by atoms with Crippen LogP contribution in [0.3, 0.4) is 0 Å². The molecule has 3 aromatic rings. The summed E-state index contributed by atoms with van der Waals surface area (Å²) in [6.45, 7) is 9.34. The molecular formula is C22H32N4O5SSi. The molecular weight excluding hydrogens is 460 g/mol. The predicted molar refractivity (Wildman–Crippen MR) is 130 cm³/mol. The Labute approximate surface area is 195 Å². The second kappa shape index (κ2) is 9.80. The molecule has 2 N–H and O–H groups in total. The monoisotopic (exact) mass is 492 g/mol. The first kappa shape index (κ1) is 25.2. The van der Waals surface area contributed by atoms with E-state index < -0.39 is 23.8 Å². The number of aliphatic hydroxyl groups is 1. The van der Waals surface area contributed by atoms with Gasteiger partial charge in [0.15, 0.2) is 0 Å². The van der Waals surface area contributed by atoms with Gasteiger partial charge in [-0.15, -0.1) is 0 Å². The molecule has 11 heteroatoms. The average Bonchev–Trinajstić information content (AvgIpc) is 3.29. The number of ether oxygens (including phenoxy) is 1. The number of aromatic nitrogens is 3. The number of aromatic carboxylic acids is 1. The highest BCUT2D eigenvalue weighted by molar-refractivity contribution is 7.93. The summed E-state index contributed by atoms with van der Waals surface area (Å²) in [4.78, 5) is 12.4. The lowest BCUT2D eigenvalue weighted by Crippen LogP contribution is -2.22. The molecule has 0 radical (unpaired) electrons. The van der Waals surface area contributed by atoms with Crippen molar-refractivity contribution in [3.63, 3.8) is 0 Å². The van der Waals surface area contributed by atoms with Gasteiger partial charge in [-0.2, -0.15) is 5.10 Å². The van der Waals surface area contributed by atoms with E-state index in [1.54, 1.807) is 37.0 Å². The van der Waals surface area contributed by atoms with Crippen molar-refractivity contribution in [1.82, 2.24) is 14.3 Å². The van der Waals surface area contributed by atoms with E-state index in [0.29, 0.717) is 28.8 Å². The van der Waals surface area contributed by atoms with Crippen LogP contribution in [0.1, 0.15) is 16.2 Å². The molecule has 0 aliphatic rings. The number of carboxylic acid groups (broad SMARTS) is 1. The van der Waals surface area contributed by atoms with E-state index in [2.05, 4.69) is 29.1 Å². The number of carboxylic acids is 1. The fourth-order valence-electron chi connectivity index (χ4n) is 3.47. The minimum Gasteiger partial charge on any atom is -0.477 e. The number of fused-ring (bicyclic) bond motifs is 1. The van der Waals surface area contributed by atoms with Crippen LogP contribution in [0.5, 0.6) is 0 Å². The molecule has 1 atom stereocenters. The van der Waals surface area contributed by atoms with Crippen LogP contribution in [0.4, 0.5) is 0 Å². The van der Waals surface area contributed by atoms with E-state index in [1.807, 2.05) is 6.07 Å². The lowest BCUT2D eigenvalue weighted by atomic mass is 10.2. The Morgan fingerprint density at radius 3 is 2.61 bits per heavy atom. The largest absolute Gasteiger partial charge is 0.477 e. The van der Waals surface area contributed by atoms with Gasteiger partial charge >= 0.3 is 5.97 Å². The van der Waals surface area contributed by atoms with Gasteiger partial charge in [0.2, 0.25) is 0 Å². The van der Waals surface area contributed by atoms with E-state index in [-0.39, 0.29) is 18.8 Å². The first-order valence-corrected chi connectivity index (χ1v) is 16.0. The van der Waals surface area contributed by atoms with Crippen LogP contribution in [0, 0.1) is 6.92 Å². The van der Waals surface area contributed by atoms with Gasteiger partial charge in [-0.1, -0.05) is 19.6 Å². The van der Waals surface area contributed by atoms with Gasteiger partial charge < -0.3 is 19.5 Å². The third-order valence-corrected chi connectivity index (χ3v) is 9.67. The molecule has 0 amide bonds. The summed E-state index contributed by atoms with van der Waals surface area (Å²) >= 11 is 0. The highest BCUT2D eigenvalue weighted by atomic mass is 32.2. The van der Waals surface area contributed by atoms with Gasteiger partial charge in [-0.3, -0.25) is 0 Å². The molecule has 0 saturated carbocycles. The van der Waals surface area contributed by atoms with Crippen LogP contribution >= 0.6 is 0 Å². The molecule has 33 heavy (non-hydrogen) atoms. The van der Waals surface area contributed by atoms with Gasteiger partial charge in [0.25, 0.3) is 0 Å². The number of nitrogens with zero attached hydrogens (tertiary/aromatic N) is 4. The van der Waals surface area contributed by atoms with Crippen molar-refractivity contribution in [1.29, 1.82) is 0 Å². The first-order chi connectivity index (χ1) is 15.5. The molecule has 2 heterocycles. The van der Waals surface area contributed by atoms with Crippen molar-refractivity contribution in [2.75, 3.05) is 19.8 Å². The Balaban J connectivity index is 1.99. The smallest absolute Gasteiger partial charge is 0.352 e. The second-order valence-corrected chi connectivity index (χ2v) is 17.0. The number of hydrogen-bond acceptors (Lipinski definition) is 6. The van der Waals surface area contributed by atoms with Crippen molar-refractivity contribution in [3.8, 4) is 0 Å². The molecule has 0 bridgehead atoms. The first-order valence-electron chi connectivity index (χ1n) is 10.7. The van der Waals surface area contributed by atoms with Crippen molar-refractivity contribution in [3.05, 3.63) is 41.9 Å². The highest BCUT2D eigenvalue weighted by Gasteiger charge is 2.25. The number of benzene rings is 1. The van der Waals surface area contributed by atoms with Crippen LogP contribution in [0.25, 0.3) is 10.9 Å². The third-order valence-electron chi connectivity index (χ3n) is 5.52.